The van der Waals surface area contributed by atoms with E-state index < -0.39 is 23.8 Å². The van der Waals surface area contributed by atoms with E-state index in [2.05, 4.69) is 38.1 Å². The van der Waals surface area contributed by atoms with Crippen molar-refractivity contribution >= 4 is 34.9 Å². The van der Waals surface area contributed by atoms with Crippen molar-refractivity contribution < 1.29 is 27.6 Å². The van der Waals surface area contributed by atoms with Crippen LogP contribution in [0.1, 0.15) is 104 Å². The van der Waals surface area contributed by atoms with E-state index in [9.17, 15) is 27.6 Å². The molecule has 3 N–H and O–H groups in total. The largest absolute Gasteiger partial charge is 0.374 e. The van der Waals surface area contributed by atoms with E-state index in [1.54, 1.807) is 12.3 Å². The summed E-state index contributed by atoms with van der Waals surface area (Å²) < 4.78 is 45.1. The standard InChI is InChI=1S/C41H49F3N8O3/c42-29-10-13-34(44)32(24-29)36-7-5-20-51(36)37-18-23-52-39(48-37)33(25-46-52)40(54)45-19-4-2-1-3-6-30(43)26-50-21-16-28(17-22-50)27-8-11-31(12-9-27)47-35-14-15-38(53)49-41(35)55/h8-13,18,23-25,28,30,35-36,47H,1-7,14-17,19-22,26H2,(H,45,54)(H,49,53,55)/t30?,35?,36-/m1/s1. The van der Waals surface area contributed by atoms with Crippen molar-refractivity contribution in [2.45, 2.75) is 94.8 Å². The molecule has 0 aliphatic carbocycles. The van der Waals surface area contributed by atoms with Crippen molar-refractivity contribution in [3.8, 4) is 0 Å². The van der Waals surface area contributed by atoms with Crippen LogP contribution in [-0.2, 0) is 9.59 Å². The maximum absolute atomic E-state index is 14.9. The summed E-state index contributed by atoms with van der Waals surface area (Å²) in [6, 6.07) is 12.7. The third kappa shape index (κ3) is 9.46. The van der Waals surface area contributed by atoms with Gasteiger partial charge in [-0.15, -0.1) is 0 Å². The molecule has 55 heavy (non-hydrogen) atoms. The van der Waals surface area contributed by atoms with Crippen molar-refractivity contribution in [3.05, 3.63) is 89.2 Å². The minimum absolute atomic E-state index is 0.227. The lowest BCUT2D eigenvalue weighted by atomic mass is 9.89. The quantitative estimate of drug-likeness (QED) is 0.0933. The highest BCUT2D eigenvalue weighted by Crippen LogP contribution is 2.37. The Morgan fingerprint density at radius 3 is 2.55 bits per heavy atom. The molecule has 0 radical (unpaired) electrons. The van der Waals surface area contributed by atoms with Crippen molar-refractivity contribution in [3.63, 3.8) is 0 Å². The Labute approximate surface area is 319 Å². The molecule has 3 saturated heterocycles. The maximum atomic E-state index is 14.9. The number of likely N-dealkylation sites (tertiary alicyclic amines) is 1. The number of piperidine rings is 2. The number of rotatable bonds is 15. The summed E-state index contributed by atoms with van der Waals surface area (Å²) in [6.07, 6.45) is 10.4. The van der Waals surface area contributed by atoms with Gasteiger partial charge in [-0.1, -0.05) is 31.4 Å². The number of hydrogen-bond acceptors (Lipinski definition) is 8. The normalized spacial score (nSPS) is 20.2. The number of halogens is 3. The molecule has 11 nitrogen and oxygen atoms in total. The van der Waals surface area contributed by atoms with Gasteiger partial charge >= 0.3 is 0 Å². The molecule has 2 aromatic carbocycles. The predicted octanol–water partition coefficient (Wildman–Crippen LogP) is 6.46. The number of unbranched alkanes of at least 4 members (excludes halogenated alkanes) is 3. The fraction of sp³-hybridized carbons (Fsp3) is 0.488. The number of fused-ring (bicyclic) bond motifs is 1. The van der Waals surface area contributed by atoms with E-state index in [1.165, 1.54) is 22.3 Å². The van der Waals surface area contributed by atoms with Crippen molar-refractivity contribution in [2.24, 2.45) is 0 Å². The van der Waals surface area contributed by atoms with Gasteiger partial charge < -0.3 is 20.4 Å². The molecule has 0 spiro atoms. The van der Waals surface area contributed by atoms with Crippen LogP contribution < -0.4 is 20.9 Å². The van der Waals surface area contributed by atoms with E-state index in [4.69, 9.17) is 4.98 Å². The summed E-state index contributed by atoms with van der Waals surface area (Å²) >= 11 is 0. The van der Waals surface area contributed by atoms with Crippen molar-refractivity contribution in [2.75, 3.05) is 42.9 Å². The number of hydrogen-bond donors (Lipinski definition) is 3. The van der Waals surface area contributed by atoms with E-state index in [1.807, 2.05) is 17.0 Å². The molecule has 3 aliphatic heterocycles. The third-order valence-corrected chi connectivity index (χ3v) is 11.2. The molecule has 14 heteroatoms. The van der Waals surface area contributed by atoms with Crippen LogP contribution in [0.25, 0.3) is 5.65 Å². The first-order valence-corrected chi connectivity index (χ1v) is 19.6. The molecule has 3 aliphatic rings. The van der Waals surface area contributed by atoms with Crippen LogP contribution in [0.5, 0.6) is 0 Å². The average Bonchev–Trinajstić information content (AvgIpc) is 3.85. The second-order valence-corrected chi connectivity index (χ2v) is 15.0. The van der Waals surface area contributed by atoms with Crippen molar-refractivity contribution in [1.29, 1.82) is 0 Å². The molecule has 2 aromatic heterocycles. The second kappa shape index (κ2) is 17.7. The molecule has 3 amide bonds. The first-order valence-electron chi connectivity index (χ1n) is 19.6. The van der Waals surface area contributed by atoms with Crippen LogP contribution in [0.3, 0.4) is 0 Å². The van der Waals surface area contributed by atoms with E-state index in [-0.39, 0.29) is 23.8 Å². The van der Waals surface area contributed by atoms with Crippen LogP contribution >= 0.6 is 0 Å². The number of carbonyl (C=O) groups excluding carboxylic acids is 3. The molecule has 5 heterocycles. The molecule has 3 atom stereocenters. The van der Waals surface area contributed by atoms with Gasteiger partial charge in [0.15, 0.2) is 5.65 Å². The topological polar surface area (TPSA) is 124 Å². The molecule has 4 aromatic rings. The number of alkyl halides is 1. The SMILES string of the molecule is O=C1CCC(Nc2ccc(C3CCN(CC(F)CCCCCCNC(=O)c4cnn5ccc(N6CCC[C@@H]6c6cc(F)ccc6F)nc45)CC3)cc2)C(=O)N1. The lowest BCUT2D eigenvalue weighted by Gasteiger charge is -2.33. The van der Waals surface area contributed by atoms with E-state index >= 15 is 0 Å². The lowest BCUT2D eigenvalue weighted by Crippen LogP contribution is -2.47. The van der Waals surface area contributed by atoms with Gasteiger partial charge in [-0.3, -0.25) is 19.7 Å². The van der Waals surface area contributed by atoms with Crippen LogP contribution in [0.15, 0.2) is 60.9 Å². The number of benzene rings is 2. The number of anilines is 2. The van der Waals surface area contributed by atoms with Gasteiger partial charge in [0.1, 0.15) is 35.2 Å². The summed E-state index contributed by atoms with van der Waals surface area (Å²) in [5, 5.41) is 12.8. The van der Waals surface area contributed by atoms with Gasteiger partial charge in [-0.2, -0.15) is 5.10 Å². The van der Waals surface area contributed by atoms with Gasteiger partial charge in [-0.25, -0.2) is 22.7 Å². The number of carbonyl (C=O) groups is 3. The summed E-state index contributed by atoms with van der Waals surface area (Å²) in [7, 11) is 0. The van der Waals surface area contributed by atoms with Gasteiger partial charge in [0.2, 0.25) is 11.8 Å². The number of nitrogens with zero attached hydrogens (tertiary/aromatic N) is 5. The molecular formula is C41H49F3N8O3. The Hall–Kier alpha value is -4.98. The lowest BCUT2D eigenvalue weighted by molar-refractivity contribution is -0.133. The first-order chi connectivity index (χ1) is 26.7. The van der Waals surface area contributed by atoms with Gasteiger partial charge in [0, 0.05) is 43.5 Å². The van der Waals surface area contributed by atoms with Crippen molar-refractivity contribution in [1.82, 2.24) is 30.1 Å². The Kier molecular flexibility index (Phi) is 12.3. The summed E-state index contributed by atoms with van der Waals surface area (Å²) in [4.78, 5) is 45.4. The summed E-state index contributed by atoms with van der Waals surface area (Å²) in [5.41, 5.74) is 3.14. The molecule has 0 bridgehead atoms. The van der Waals surface area contributed by atoms with E-state index in [0.29, 0.717) is 73.8 Å². The van der Waals surface area contributed by atoms with Crippen LogP contribution in [0.4, 0.5) is 24.7 Å². The number of nitrogens with one attached hydrogen (secondary N) is 3. The molecule has 7 rings (SSSR count). The minimum atomic E-state index is -0.870. The summed E-state index contributed by atoms with van der Waals surface area (Å²) in [6.45, 7) is 3.29. The third-order valence-electron chi connectivity index (χ3n) is 11.2. The highest BCUT2D eigenvalue weighted by molar-refractivity contribution is 6.01. The Morgan fingerprint density at radius 2 is 1.75 bits per heavy atom. The fourth-order valence-corrected chi connectivity index (χ4v) is 8.16. The van der Waals surface area contributed by atoms with Gasteiger partial charge in [0.25, 0.3) is 5.91 Å². The molecular weight excluding hydrogens is 709 g/mol. The van der Waals surface area contributed by atoms with Crippen LogP contribution in [0.2, 0.25) is 0 Å². The number of imide groups is 1. The smallest absolute Gasteiger partial charge is 0.256 e. The van der Waals surface area contributed by atoms with Crippen LogP contribution in [0, 0.1) is 11.6 Å². The fourth-order valence-electron chi connectivity index (χ4n) is 8.16. The summed E-state index contributed by atoms with van der Waals surface area (Å²) in [5.74, 6) is -0.728. The highest BCUT2D eigenvalue weighted by atomic mass is 19.1. The molecule has 0 saturated carbocycles. The zero-order valence-electron chi connectivity index (χ0n) is 31.0. The maximum Gasteiger partial charge on any atom is 0.256 e. The monoisotopic (exact) mass is 758 g/mol. The minimum Gasteiger partial charge on any atom is -0.374 e. The highest BCUT2D eigenvalue weighted by Gasteiger charge is 2.31. The zero-order chi connectivity index (χ0) is 38.3. The Morgan fingerprint density at radius 1 is 0.945 bits per heavy atom. The second-order valence-electron chi connectivity index (χ2n) is 15.0. The zero-order valence-corrected chi connectivity index (χ0v) is 31.0. The van der Waals surface area contributed by atoms with Gasteiger partial charge in [0.05, 0.1) is 12.2 Å². The Balaban J connectivity index is 0.783. The van der Waals surface area contributed by atoms with E-state index in [0.717, 1.165) is 75.9 Å². The molecule has 3 fully saturated rings. The molecule has 292 valence electrons. The number of aromatic nitrogens is 3. The number of amides is 3. The van der Waals surface area contributed by atoms with Crippen LogP contribution in [-0.4, -0.2) is 82.2 Å². The molecule has 2 unspecified atom stereocenters. The Bertz CT molecular complexity index is 1970. The predicted molar refractivity (Wildman–Crippen MR) is 204 cm³/mol. The first kappa shape index (κ1) is 38.3. The average molecular weight is 759 g/mol. The van der Waals surface area contributed by atoms with Gasteiger partial charge in [-0.05, 0) is 106 Å².